The van der Waals surface area contributed by atoms with Gasteiger partial charge in [0, 0.05) is 43.3 Å². The number of anilines is 1. The second-order valence-electron chi connectivity index (χ2n) is 9.70. The molecule has 0 saturated carbocycles. The fraction of sp³-hybridized carbons (Fsp3) is 0.462. The van der Waals surface area contributed by atoms with Crippen LogP contribution in [0.2, 0.25) is 0 Å². The topological polar surface area (TPSA) is 82.3 Å². The van der Waals surface area contributed by atoms with E-state index in [0.29, 0.717) is 18.2 Å². The standard InChI is InChI=1S/C26H32N6O2/c1-16-14-32(15-17(2)34-16)18-8-10-31(11-9-18)19-4-6-23-24(12-19)28-26(27-23)25-21-13-20(33-3)5-7-22(21)29-30-25/h4-7,12-13,16-18H,8-11,14-15H2,1-3H3,(H,27,28)(H,29,30)/t16-,17+. The predicted molar refractivity (Wildman–Crippen MR) is 135 cm³/mol. The summed E-state index contributed by atoms with van der Waals surface area (Å²) in [4.78, 5) is 13.5. The number of methoxy groups -OCH3 is 1. The number of nitrogens with zero attached hydrogens (tertiary/aromatic N) is 4. The van der Waals surface area contributed by atoms with E-state index in [1.807, 2.05) is 18.2 Å². The van der Waals surface area contributed by atoms with Crippen LogP contribution in [0.15, 0.2) is 36.4 Å². The van der Waals surface area contributed by atoms with E-state index in [2.05, 4.69) is 57.0 Å². The first-order valence-corrected chi connectivity index (χ1v) is 12.2. The fourth-order valence-electron chi connectivity index (χ4n) is 5.61. The van der Waals surface area contributed by atoms with E-state index in [9.17, 15) is 0 Å². The zero-order chi connectivity index (χ0) is 23.2. The van der Waals surface area contributed by atoms with Crippen LogP contribution >= 0.6 is 0 Å². The SMILES string of the molecule is COc1ccc2[nH]nc(-c3nc4cc(N5CCC(N6C[C@@H](C)O[C@@H](C)C6)CC5)ccc4[nH]3)c2c1. The van der Waals surface area contributed by atoms with E-state index in [1.54, 1.807) is 7.11 Å². The van der Waals surface area contributed by atoms with Crippen LogP contribution in [0.1, 0.15) is 26.7 Å². The summed E-state index contributed by atoms with van der Waals surface area (Å²) in [6.07, 6.45) is 3.02. The van der Waals surface area contributed by atoms with Gasteiger partial charge in [-0.3, -0.25) is 10.00 Å². The quantitative estimate of drug-likeness (QED) is 0.475. The number of benzene rings is 2. The molecular formula is C26H32N6O2. The van der Waals surface area contributed by atoms with Gasteiger partial charge in [-0.05, 0) is 63.1 Å². The second-order valence-corrected chi connectivity index (χ2v) is 9.70. The van der Waals surface area contributed by atoms with Crippen LogP contribution in [0.4, 0.5) is 5.69 Å². The third-order valence-electron chi connectivity index (χ3n) is 7.25. The molecule has 2 aliphatic rings. The molecule has 0 aliphatic carbocycles. The molecule has 2 saturated heterocycles. The van der Waals surface area contributed by atoms with Gasteiger partial charge in [0.1, 0.15) is 11.4 Å². The number of hydrogen-bond donors (Lipinski definition) is 2. The molecule has 0 amide bonds. The summed E-state index contributed by atoms with van der Waals surface area (Å²) in [7, 11) is 1.68. The Bertz CT molecular complexity index is 1300. The number of morpholine rings is 1. The van der Waals surface area contributed by atoms with Crippen LogP contribution in [-0.2, 0) is 4.74 Å². The summed E-state index contributed by atoms with van der Waals surface area (Å²) in [6.45, 7) is 8.60. The first kappa shape index (κ1) is 21.4. The number of ether oxygens (including phenoxy) is 2. The fourth-order valence-corrected chi connectivity index (χ4v) is 5.61. The highest BCUT2D eigenvalue weighted by Gasteiger charge is 2.30. The van der Waals surface area contributed by atoms with E-state index < -0.39 is 0 Å². The summed E-state index contributed by atoms with van der Waals surface area (Å²) in [5.41, 5.74) is 4.99. The van der Waals surface area contributed by atoms with Crippen molar-refractivity contribution in [3.8, 4) is 17.3 Å². The molecule has 8 heteroatoms. The maximum atomic E-state index is 5.93. The molecule has 2 aromatic heterocycles. The number of rotatable bonds is 4. The van der Waals surface area contributed by atoms with Crippen molar-refractivity contribution in [3.05, 3.63) is 36.4 Å². The lowest BCUT2D eigenvalue weighted by molar-refractivity contribution is -0.0826. The number of fused-ring (bicyclic) bond motifs is 2. The van der Waals surface area contributed by atoms with Gasteiger partial charge >= 0.3 is 0 Å². The Kier molecular flexibility index (Phi) is 5.42. The Morgan fingerprint density at radius 1 is 1.00 bits per heavy atom. The molecule has 178 valence electrons. The van der Waals surface area contributed by atoms with Gasteiger partial charge in [0.15, 0.2) is 5.82 Å². The highest BCUT2D eigenvalue weighted by atomic mass is 16.5. The van der Waals surface area contributed by atoms with Gasteiger partial charge in [-0.15, -0.1) is 0 Å². The average molecular weight is 461 g/mol. The molecule has 0 spiro atoms. The van der Waals surface area contributed by atoms with E-state index in [1.165, 1.54) is 18.5 Å². The van der Waals surface area contributed by atoms with Gasteiger partial charge in [-0.2, -0.15) is 5.10 Å². The lowest BCUT2D eigenvalue weighted by Gasteiger charge is -2.44. The van der Waals surface area contributed by atoms with Crippen LogP contribution in [0.5, 0.6) is 5.75 Å². The number of imidazole rings is 1. The maximum absolute atomic E-state index is 5.93. The number of nitrogens with one attached hydrogen (secondary N) is 2. The van der Waals surface area contributed by atoms with E-state index in [-0.39, 0.29) is 0 Å². The molecule has 4 aromatic rings. The zero-order valence-electron chi connectivity index (χ0n) is 20.0. The summed E-state index contributed by atoms with van der Waals surface area (Å²) in [5.74, 6) is 1.57. The number of aromatic nitrogens is 4. The number of H-pyrrole nitrogens is 2. The summed E-state index contributed by atoms with van der Waals surface area (Å²) >= 11 is 0. The van der Waals surface area contributed by atoms with Crippen molar-refractivity contribution in [3.63, 3.8) is 0 Å². The predicted octanol–water partition coefficient (Wildman–Crippen LogP) is 4.19. The molecule has 2 atom stereocenters. The molecule has 6 rings (SSSR count). The molecule has 4 heterocycles. The largest absolute Gasteiger partial charge is 0.497 e. The third kappa shape index (κ3) is 3.91. The number of aromatic amines is 2. The maximum Gasteiger partial charge on any atom is 0.159 e. The van der Waals surface area contributed by atoms with Crippen molar-refractivity contribution in [2.45, 2.75) is 44.9 Å². The van der Waals surface area contributed by atoms with Gasteiger partial charge in [-0.1, -0.05) is 0 Å². The highest BCUT2D eigenvalue weighted by molar-refractivity contribution is 5.94. The lowest BCUT2D eigenvalue weighted by Crippen LogP contribution is -2.53. The minimum atomic E-state index is 0.325. The van der Waals surface area contributed by atoms with Gasteiger partial charge in [0.25, 0.3) is 0 Å². The van der Waals surface area contributed by atoms with E-state index >= 15 is 0 Å². The summed E-state index contributed by atoms with van der Waals surface area (Å²) in [6, 6.07) is 13.1. The van der Waals surface area contributed by atoms with Crippen molar-refractivity contribution in [1.82, 2.24) is 25.1 Å². The van der Waals surface area contributed by atoms with Gasteiger partial charge in [-0.25, -0.2) is 4.98 Å². The monoisotopic (exact) mass is 460 g/mol. The number of piperidine rings is 1. The minimum absolute atomic E-state index is 0.325. The number of hydrogen-bond acceptors (Lipinski definition) is 6. The molecule has 0 bridgehead atoms. The molecule has 8 nitrogen and oxygen atoms in total. The van der Waals surface area contributed by atoms with Crippen LogP contribution in [0.3, 0.4) is 0 Å². The van der Waals surface area contributed by atoms with E-state index in [0.717, 1.165) is 65.4 Å². The van der Waals surface area contributed by atoms with E-state index in [4.69, 9.17) is 14.5 Å². The Hall–Kier alpha value is -3.10. The molecular weight excluding hydrogens is 428 g/mol. The Balaban J connectivity index is 1.20. The van der Waals surface area contributed by atoms with Crippen molar-refractivity contribution < 1.29 is 9.47 Å². The summed E-state index contributed by atoms with van der Waals surface area (Å²) < 4.78 is 11.3. The van der Waals surface area contributed by atoms with Gasteiger partial charge in [0.2, 0.25) is 0 Å². The van der Waals surface area contributed by atoms with Crippen LogP contribution in [0, 0.1) is 0 Å². The normalized spacial score (nSPS) is 22.6. The van der Waals surface area contributed by atoms with Crippen molar-refractivity contribution >= 4 is 27.6 Å². The molecule has 34 heavy (non-hydrogen) atoms. The Morgan fingerprint density at radius 3 is 2.53 bits per heavy atom. The lowest BCUT2D eigenvalue weighted by atomic mass is 10.0. The molecule has 2 aliphatic heterocycles. The first-order valence-electron chi connectivity index (χ1n) is 12.2. The Labute approximate surface area is 199 Å². The molecule has 2 aromatic carbocycles. The average Bonchev–Trinajstić information content (AvgIpc) is 3.46. The first-order chi connectivity index (χ1) is 16.6. The van der Waals surface area contributed by atoms with Crippen LogP contribution < -0.4 is 9.64 Å². The minimum Gasteiger partial charge on any atom is -0.497 e. The highest BCUT2D eigenvalue weighted by Crippen LogP contribution is 2.31. The van der Waals surface area contributed by atoms with Gasteiger partial charge in [0.05, 0.1) is 35.9 Å². The third-order valence-corrected chi connectivity index (χ3v) is 7.25. The molecule has 2 fully saturated rings. The zero-order valence-corrected chi connectivity index (χ0v) is 20.0. The van der Waals surface area contributed by atoms with Crippen molar-refractivity contribution in [2.75, 3.05) is 38.2 Å². The van der Waals surface area contributed by atoms with Gasteiger partial charge < -0.3 is 19.4 Å². The smallest absolute Gasteiger partial charge is 0.159 e. The molecule has 2 N–H and O–H groups in total. The van der Waals surface area contributed by atoms with Crippen molar-refractivity contribution in [1.29, 1.82) is 0 Å². The molecule has 0 unspecified atom stereocenters. The Morgan fingerprint density at radius 2 is 1.76 bits per heavy atom. The van der Waals surface area contributed by atoms with Crippen molar-refractivity contribution in [2.24, 2.45) is 0 Å². The van der Waals surface area contributed by atoms with Crippen LogP contribution in [0.25, 0.3) is 33.5 Å². The van der Waals surface area contributed by atoms with Crippen LogP contribution in [-0.4, -0.2) is 76.6 Å². The molecule has 0 radical (unpaired) electrons. The second kappa shape index (κ2) is 8.60. The summed E-state index contributed by atoms with van der Waals surface area (Å²) in [5, 5.41) is 8.60.